The number of oxime groups is 1. The number of benzene rings is 3. The molecule has 0 aromatic heterocycles. The number of fused-ring (bicyclic) bond motifs is 3. The van der Waals surface area contributed by atoms with Gasteiger partial charge in [-0.2, -0.15) is 0 Å². The minimum absolute atomic E-state index is 0.00635. The zero-order valence-electron chi connectivity index (χ0n) is 38.4. The van der Waals surface area contributed by atoms with E-state index < -0.39 is 35.1 Å². The lowest BCUT2D eigenvalue weighted by molar-refractivity contribution is -0.384. The molecule has 1 amide bonds. The summed E-state index contributed by atoms with van der Waals surface area (Å²) < 4.78 is 44.6. The first-order chi connectivity index (χ1) is 33.3. The molecular formula is C51H62N4O13. The molecule has 0 spiro atoms. The van der Waals surface area contributed by atoms with E-state index in [4.69, 9.17) is 43.2 Å². The molecule has 3 aromatic rings. The van der Waals surface area contributed by atoms with Crippen LogP contribution in [0, 0.1) is 27.9 Å². The van der Waals surface area contributed by atoms with Gasteiger partial charge in [-0.3, -0.25) is 19.9 Å². The van der Waals surface area contributed by atoms with Crippen molar-refractivity contribution in [3.63, 3.8) is 0 Å². The lowest BCUT2D eigenvalue weighted by atomic mass is 9.55. The summed E-state index contributed by atoms with van der Waals surface area (Å²) in [5.74, 6) is 0.0682. The Morgan fingerprint density at radius 2 is 1.75 bits per heavy atom. The van der Waals surface area contributed by atoms with Gasteiger partial charge in [0.25, 0.3) is 5.69 Å². The maximum Gasteiger partial charge on any atom is 0.416 e. The van der Waals surface area contributed by atoms with E-state index in [9.17, 15) is 20.3 Å². The van der Waals surface area contributed by atoms with Crippen LogP contribution in [-0.2, 0) is 20.9 Å². The molecule has 4 aliphatic heterocycles. The number of rotatable bonds is 22. The van der Waals surface area contributed by atoms with Gasteiger partial charge < -0.3 is 48.2 Å². The van der Waals surface area contributed by atoms with Crippen molar-refractivity contribution in [2.45, 2.75) is 94.8 Å². The zero-order chi connectivity index (χ0) is 47.0. The Labute approximate surface area is 396 Å². The number of amides is 1. The summed E-state index contributed by atoms with van der Waals surface area (Å²) in [6.45, 7) is 8.34. The molecular weight excluding hydrogens is 877 g/mol. The predicted octanol–water partition coefficient (Wildman–Crippen LogP) is 7.88. The van der Waals surface area contributed by atoms with Gasteiger partial charge in [0.2, 0.25) is 18.9 Å². The van der Waals surface area contributed by atoms with Gasteiger partial charge in [-0.25, -0.2) is 4.79 Å². The van der Waals surface area contributed by atoms with Crippen LogP contribution in [0.25, 0.3) is 0 Å². The standard InChI is InChI=1S/C51H62N4O13/c1-2-25-65-51-46(54(32-34-12-18-44-45(28-34)64-33-63-44)50(58)66-37-15-13-36(14-16-37)55(59)60)31-42(52-68-47-11-5-8-26-62-47)40-29-35(9-3-6-23-56)39(10-4-7-24-57)48(49(40)51)41-30-38(17-19-43(41)67-51)61-27-22-53-20-21-53/h2,12-19,28-30,35,39,46-49,56-57H,1,3-11,20-27,31-33H2. The molecule has 9 rings (SSSR count). The monoisotopic (exact) mass is 938 g/mol. The number of allylic oxidation sites excluding steroid dienone is 1. The van der Waals surface area contributed by atoms with Crippen molar-refractivity contribution in [2.24, 2.45) is 22.9 Å². The van der Waals surface area contributed by atoms with Crippen LogP contribution in [0.2, 0.25) is 0 Å². The average molecular weight is 939 g/mol. The first-order valence-electron chi connectivity index (χ1n) is 24.1. The van der Waals surface area contributed by atoms with Crippen molar-refractivity contribution >= 4 is 17.5 Å². The molecule has 17 heteroatoms. The van der Waals surface area contributed by atoms with E-state index in [1.54, 1.807) is 17.0 Å². The molecule has 1 saturated carbocycles. The first kappa shape index (κ1) is 47.4. The van der Waals surface area contributed by atoms with E-state index in [0.717, 1.165) is 69.3 Å². The second kappa shape index (κ2) is 21.7. The molecule has 17 nitrogen and oxygen atoms in total. The number of carbonyl (C=O) groups is 1. The molecule has 2 saturated heterocycles. The van der Waals surface area contributed by atoms with Gasteiger partial charge in [-0.05, 0) is 104 Å². The normalized spacial score (nSPS) is 26.1. The molecule has 364 valence electrons. The molecule has 0 radical (unpaired) electrons. The molecule has 3 aromatic carbocycles. The minimum atomic E-state index is -1.59. The number of hydrogen-bond donors (Lipinski definition) is 2. The Balaban J connectivity index is 1.22. The summed E-state index contributed by atoms with van der Waals surface area (Å²) in [4.78, 5) is 36.5. The summed E-state index contributed by atoms with van der Waals surface area (Å²) in [6, 6.07) is 15.8. The van der Waals surface area contributed by atoms with Crippen molar-refractivity contribution in [3.8, 4) is 28.7 Å². The largest absolute Gasteiger partial charge is 0.492 e. The number of aliphatic hydroxyl groups excluding tert-OH is 2. The summed E-state index contributed by atoms with van der Waals surface area (Å²) in [5, 5.41) is 36.6. The average Bonchev–Trinajstić information content (AvgIpc) is 4.06. The van der Waals surface area contributed by atoms with E-state index in [0.29, 0.717) is 66.7 Å². The SMILES string of the molecule is C=CCOC12Oc3ccc(OCCN4CC4)cc3C3C(CCCCO)C(CCCCO)C=C(C(=NOC4CCCCO4)CC1N(Cc1ccc4c(c1)OCO4)C(=O)Oc1ccc([N+](=O)[O-])cc1)C32. The Kier molecular flexibility index (Phi) is 15.1. The van der Waals surface area contributed by atoms with Crippen molar-refractivity contribution < 1.29 is 57.9 Å². The van der Waals surface area contributed by atoms with E-state index in [-0.39, 0.29) is 68.8 Å². The van der Waals surface area contributed by atoms with Crippen LogP contribution in [0.15, 0.2) is 90.1 Å². The van der Waals surface area contributed by atoms with Crippen LogP contribution in [0.4, 0.5) is 10.5 Å². The molecule has 68 heavy (non-hydrogen) atoms. The number of nitro groups is 1. The maximum atomic E-state index is 15.2. The van der Waals surface area contributed by atoms with Crippen LogP contribution < -0.4 is 23.7 Å². The third-order valence-electron chi connectivity index (χ3n) is 13.9. The number of aliphatic hydroxyl groups is 2. The Hall–Kier alpha value is -5.72. The number of ether oxygens (including phenoxy) is 7. The van der Waals surface area contributed by atoms with Gasteiger partial charge >= 0.3 is 6.09 Å². The predicted molar refractivity (Wildman–Crippen MR) is 249 cm³/mol. The van der Waals surface area contributed by atoms with E-state index in [1.807, 2.05) is 24.3 Å². The third kappa shape index (κ3) is 10.5. The molecule has 7 unspecified atom stereocenters. The number of hydrogen-bond acceptors (Lipinski definition) is 15. The fourth-order valence-corrected chi connectivity index (χ4v) is 10.6. The van der Waals surface area contributed by atoms with Crippen LogP contribution in [0.3, 0.4) is 0 Å². The van der Waals surface area contributed by atoms with Crippen LogP contribution in [-0.4, -0.2) is 114 Å². The zero-order valence-corrected chi connectivity index (χ0v) is 38.4. The molecule has 0 bridgehead atoms. The van der Waals surface area contributed by atoms with Gasteiger partial charge in [0, 0.05) is 75.8 Å². The van der Waals surface area contributed by atoms with Gasteiger partial charge in [0.15, 0.2) is 11.5 Å². The van der Waals surface area contributed by atoms with Crippen molar-refractivity contribution in [1.82, 2.24) is 9.80 Å². The number of non-ortho nitro benzene ring substituents is 1. The quantitative estimate of drug-likeness (QED) is 0.0325. The molecule has 3 fully saturated rings. The highest BCUT2D eigenvalue weighted by molar-refractivity contribution is 6.03. The Bertz CT molecular complexity index is 2310. The molecule has 2 N–H and O–H groups in total. The smallest absolute Gasteiger partial charge is 0.416 e. The second-order valence-corrected chi connectivity index (χ2v) is 18.3. The highest BCUT2D eigenvalue weighted by atomic mass is 16.8. The van der Waals surface area contributed by atoms with E-state index >= 15 is 4.79 Å². The van der Waals surface area contributed by atoms with E-state index in [2.05, 4.69) is 23.6 Å². The number of unbranched alkanes of at least 4 members (excludes halogenated alkanes) is 2. The molecule has 4 heterocycles. The second-order valence-electron chi connectivity index (χ2n) is 18.3. The number of carbonyl (C=O) groups excluding carboxylic acids is 1. The van der Waals surface area contributed by atoms with Crippen molar-refractivity contribution in [1.29, 1.82) is 0 Å². The fraction of sp³-hybridized carbons (Fsp3) is 0.529. The first-order valence-corrected chi connectivity index (χ1v) is 24.1. The highest BCUT2D eigenvalue weighted by Crippen LogP contribution is 2.62. The van der Waals surface area contributed by atoms with Crippen LogP contribution in [0.1, 0.15) is 81.3 Å². The summed E-state index contributed by atoms with van der Waals surface area (Å²) in [7, 11) is 0. The third-order valence-corrected chi connectivity index (χ3v) is 13.9. The lowest BCUT2D eigenvalue weighted by Gasteiger charge is -2.59. The van der Waals surface area contributed by atoms with Crippen molar-refractivity contribution in [2.75, 3.05) is 59.5 Å². The van der Waals surface area contributed by atoms with Crippen LogP contribution in [0.5, 0.6) is 28.7 Å². The minimum Gasteiger partial charge on any atom is -0.492 e. The summed E-state index contributed by atoms with van der Waals surface area (Å²) in [5.41, 5.74) is 2.98. The van der Waals surface area contributed by atoms with Gasteiger partial charge in [0.05, 0.1) is 29.8 Å². The lowest BCUT2D eigenvalue weighted by Crippen LogP contribution is -2.70. The highest BCUT2D eigenvalue weighted by Gasteiger charge is 2.66. The Morgan fingerprint density at radius 1 is 0.971 bits per heavy atom. The molecule has 2 aliphatic carbocycles. The van der Waals surface area contributed by atoms with Crippen molar-refractivity contribution in [3.05, 3.63) is 106 Å². The Morgan fingerprint density at radius 3 is 2.50 bits per heavy atom. The van der Waals surface area contributed by atoms with Gasteiger partial charge in [-0.1, -0.05) is 36.2 Å². The number of nitro benzene ring substituents is 1. The summed E-state index contributed by atoms with van der Waals surface area (Å²) in [6.07, 6.45) is 9.65. The van der Waals surface area contributed by atoms with Gasteiger partial charge in [0.1, 0.15) is 29.9 Å². The van der Waals surface area contributed by atoms with E-state index in [1.165, 1.54) is 24.3 Å². The molecule has 7 atom stereocenters. The van der Waals surface area contributed by atoms with Gasteiger partial charge in [-0.15, -0.1) is 6.58 Å². The fourth-order valence-electron chi connectivity index (χ4n) is 10.6. The summed E-state index contributed by atoms with van der Waals surface area (Å²) >= 11 is 0. The molecule has 6 aliphatic rings. The topological polar surface area (TPSA) is 193 Å². The maximum absolute atomic E-state index is 15.2. The van der Waals surface area contributed by atoms with Crippen LogP contribution >= 0.6 is 0 Å². The number of nitrogens with zero attached hydrogens (tertiary/aromatic N) is 4.